The minimum Gasteiger partial charge on any atom is -0.493 e. The molecule has 35 heavy (non-hydrogen) atoms. The van der Waals surface area contributed by atoms with Crippen molar-refractivity contribution in [2.45, 2.75) is 13.5 Å². The number of amides is 1. The van der Waals surface area contributed by atoms with Crippen LogP contribution in [0.3, 0.4) is 0 Å². The first-order chi connectivity index (χ1) is 16.9. The Kier molecular flexibility index (Phi) is 8.98. The van der Waals surface area contributed by atoms with Gasteiger partial charge in [-0.05, 0) is 42.7 Å². The van der Waals surface area contributed by atoms with E-state index in [-0.39, 0.29) is 6.61 Å². The number of rotatable bonds is 8. The summed E-state index contributed by atoms with van der Waals surface area (Å²) < 4.78 is 26.2. The van der Waals surface area contributed by atoms with Gasteiger partial charge in [-0.2, -0.15) is 9.98 Å². The van der Waals surface area contributed by atoms with Crippen LogP contribution in [0.15, 0.2) is 50.9 Å². The molecular formula is C24H26N4O6S. The highest BCUT2D eigenvalue weighted by atomic mass is 32.2. The standard InChI is InChI=1S/C24H26N4O6S/c1-14-25-22(28-34-14)15-7-9-18(10-8-15)26-20(23(35-6)27-24(29)33-5)16-11-17(13-30-2)21(32-4)19(12-16)31-3/h7-12H,13H2,1-6H3/b26-20-,27-23-. The fraction of sp³-hybridized carbons (Fsp3) is 0.292. The number of hydrogen-bond donors (Lipinski definition) is 0. The molecule has 3 aromatic rings. The van der Waals surface area contributed by atoms with Crippen molar-refractivity contribution >= 4 is 34.3 Å². The monoisotopic (exact) mass is 498 g/mol. The van der Waals surface area contributed by atoms with E-state index < -0.39 is 6.09 Å². The van der Waals surface area contributed by atoms with Gasteiger partial charge in [0.2, 0.25) is 11.7 Å². The molecule has 11 heteroatoms. The second kappa shape index (κ2) is 12.1. The van der Waals surface area contributed by atoms with Crippen molar-refractivity contribution in [2.75, 3.05) is 34.7 Å². The van der Waals surface area contributed by atoms with Gasteiger partial charge < -0.3 is 23.5 Å². The lowest BCUT2D eigenvalue weighted by molar-refractivity contribution is 0.181. The molecule has 0 fully saturated rings. The van der Waals surface area contributed by atoms with E-state index >= 15 is 0 Å². The zero-order valence-electron chi connectivity index (χ0n) is 20.3. The van der Waals surface area contributed by atoms with Gasteiger partial charge in [0.15, 0.2) is 11.5 Å². The number of thioether (sulfide) groups is 1. The van der Waals surface area contributed by atoms with Gasteiger partial charge in [-0.3, -0.25) is 0 Å². The van der Waals surface area contributed by atoms with Gasteiger partial charge in [0.25, 0.3) is 0 Å². The van der Waals surface area contributed by atoms with Crippen LogP contribution in [0.2, 0.25) is 0 Å². The molecule has 1 amide bonds. The quantitative estimate of drug-likeness (QED) is 0.317. The predicted octanol–water partition coefficient (Wildman–Crippen LogP) is 4.86. The highest BCUT2D eigenvalue weighted by Gasteiger charge is 2.20. The Morgan fingerprint density at radius 3 is 2.37 bits per heavy atom. The number of hydrogen-bond acceptors (Lipinski definition) is 10. The summed E-state index contributed by atoms with van der Waals surface area (Å²) in [7, 11) is 5.97. The molecule has 0 atom stereocenters. The van der Waals surface area contributed by atoms with E-state index in [1.165, 1.54) is 18.9 Å². The molecule has 0 bridgehead atoms. The van der Waals surface area contributed by atoms with Crippen LogP contribution >= 0.6 is 11.8 Å². The molecule has 1 aromatic heterocycles. The van der Waals surface area contributed by atoms with Gasteiger partial charge in [-0.1, -0.05) is 5.16 Å². The number of carbonyl (C=O) groups is 1. The van der Waals surface area contributed by atoms with Crippen LogP contribution in [-0.4, -0.2) is 61.7 Å². The third kappa shape index (κ3) is 6.25. The van der Waals surface area contributed by atoms with Gasteiger partial charge in [0.05, 0.1) is 33.6 Å². The van der Waals surface area contributed by atoms with Gasteiger partial charge in [0, 0.05) is 30.7 Å². The number of ether oxygens (including phenoxy) is 4. The maximum absolute atomic E-state index is 12.0. The number of aryl methyl sites for hydroxylation is 1. The van der Waals surface area contributed by atoms with Gasteiger partial charge in [0.1, 0.15) is 10.8 Å². The molecule has 10 nitrogen and oxygen atoms in total. The highest BCUT2D eigenvalue weighted by molar-refractivity contribution is 8.15. The minimum absolute atomic E-state index is 0.280. The van der Waals surface area contributed by atoms with E-state index in [1.54, 1.807) is 40.6 Å². The third-order valence-corrected chi connectivity index (χ3v) is 5.46. The molecule has 0 aliphatic carbocycles. The second-order valence-electron chi connectivity index (χ2n) is 7.04. The van der Waals surface area contributed by atoms with E-state index in [0.717, 1.165) is 11.1 Å². The van der Waals surface area contributed by atoms with Crippen molar-refractivity contribution in [3.63, 3.8) is 0 Å². The third-order valence-electron chi connectivity index (χ3n) is 4.79. The van der Waals surface area contributed by atoms with Gasteiger partial charge in [-0.25, -0.2) is 9.79 Å². The molecule has 0 N–H and O–H groups in total. The molecule has 0 saturated carbocycles. The zero-order valence-corrected chi connectivity index (χ0v) is 21.1. The molecule has 0 radical (unpaired) electrons. The fourth-order valence-corrected chi connectivity index (χ4v) is 3.76. The molecule has 0 aliphatic rings. The van der Waals surface area contributed by atoms with E-state index in [1.807, 2.05) is 30.3 Å². The smallest absolute Gasteiger partial charge is 0.434 e. The Balaban J connectivity index is 2.16. The number of methoxy groups -OCH3 is 4. The topological polar surface area (TPSA) is 118 Å². The van der Waals surface area contributed by atoms with Crippen LogP contribution in [0.25, 0.3) is 11.4 Å². The number of benzene rings is 2. The predicted molar refractivity (Wildman–Crippen MR) is 134 cm³/mol. The van der Waals surface area contributed by atoms with Crippen molar-refractivity contribution < 1.29 is 28.3 Å². The van der Waals surface area contributed by atoms with Crippen LogP contribution in [0.4, 0.5) is 10.5 Å². The Labute approximate surface area is 207 Å². The normalized spacial score (nSPS) is 11.9. The van der Waals surface area contributed by atoms with E-state index in [4.69, 9.17) is 28.5 Å². The molecule has 3 rings (SSSR count). The summed E-state index contributed by atoms with van der Waals surface area (Å²) in [4.78, 5) is 25.1. The summed E-state index contributed by atoms with van der Waals surface area (Å²) in [5.41, 5.74) is 3.26. The Hall–Kier alpha value is -3.70. The first kappa shape index (κ1) is 25.9. The summed E-state index contributed by atoms with van der Waals surface area (Å²) in [5.74, 6) is 2.01. The van der Waals surface area contributed by atoms with Crippen molar-refractivity contribution in [1.29, 1.82) is 0 Å². The van der Waals surface area contributed by atoms with Crippen molar-refractivity contribution in [3.05, 3.63) is 53.4 Å². The number of aliphatic imine (C=N–C) groups is 2. The lowest BCUT2D eigenvalue weighted by Gasteiger charge is -2.16. The van der Waals surface area contributed by atoms with Crippen LogP contribution in [-0.2, 0) is 16.1 Å². The number of aromatic nitrogens is 2. The summed E-state index contributed by atoms with van der Waals surface area (Å²) >= 11 is 1.26. The first-order valence-electron chi connectivity index (χ1n) is 10.4. The van der Waals surface area contributed by atoms with Crippen molar-refractivity contribution in [3.8, 4) is 22.9 Å². The Bertz CT molecular complexity index is 1240. The van der Waals surface area contributed by atoms with E-state index in [9.17, 15) is 4.79 Å². The lowest BCUT2D eigenvalue weighted by Crippen LogP contribution is -2.15. The summed E-state index contributed by atoms with van der Waals surface area (Å²) in [5, 5.41) is 4.30. The van der Waals surface area contributed by atoms with Crippen molar-refractivity contribution in [2.24, 2.45) is 9.98 Å². The molecule has 0 aliphatic heterocycles. The van der Waals surface area contributed by atoms with Crippen LogP contribution in [0, 0.1) is 6.92 Å². The molecule has 184 valence electrons. The zero-order chi connectivity index (χ0) is 25.4. The van der Waals surface area contributed by atoms with Crippen molar-refractivity contribution in [1.82, 2.24) is 10.1 Å². The molecule has 2 aromatic carbocycles. The largest absolute Gasteiger partial charge is 0.493 e. The highest BCUT2D eigenvalue weighted by Crippen LogP contribution is 2.34. The average molecular weight is 499 g/mol. The van der Waals surface area contributed by atoms with Gasteiger partial charge in [-0.15, -0.1) is 11.8 Å². The molecule has 0 spiro atoms. The molecule has 0 saturated heterocycles. The maximum Gasteiger partial charge on any atom is 0.434 e. The number of nitrogens with zero attached hydrogens (tertiary/aromatic N) is 4. The first-order valence-corrected chi connectivity index (χ1v) is 11.6. The van der Waals surface area contributed by atoms with Crippen LogP contribution in [0.1, 0.15) is 17.0 Å². The summed E-state index contributed by atoms with van der Waals surface area (Å²) in [6.07, 6.45) is 1.07. The van der Waals surface area contributed by atoms with Gasteiger partial charge >= 0.3 is 6.09 Å². The summed E-state index contributed by atoms with van der Waals surface area (Å²) in [6, 6.07) is 10.9. The molecule has 1 heterocycles. The van der Waals surface area contributed by atoms with E-state index in [0.29, 0.717) is 45.2 Å². The van der Waals surface area contributed by atoms with E-state index in [2.05, 4.69) is 15.1 Å². The summed E-state index contributed by atoms with van der Waals surface area (Å²) in [6.45, 7) is 2.01. The fourth-order valence-electron chi connectivity index (χ4n) is 3.23. The minimum atomic E-state index is -0.734. The van der Waals surface area contributed by atoms with Crippen LogP contribution < -0.4 is 9.47 Å². The molecular weight excluding hydrogens is 472 g/mol. The maximum atomic E-state index is 12.0. The Morgan fingerprint density at radius 2 is 1.83 bits per heavy atom. The lowest BCUT2D eigenvalue weighted by atomic mass is 10.0. The average Bonchev–Trinajstić information content (AvgIpc) is 3.32. The SMILES string of the molecule is COCc1cc(C(=N/c2ccc(-c3noc(C)n3)cc2)/C(=N/C(=O)OC)SC)cc(OC)c1OC. The van der Waals surface area contributed by atoms with Crippen LogP contribution in [0.5, 0.6) is 11.5 Å². The second-order valence-corrected chi connectivity index (χ2v) is 7.83. The Morgan fingerprint density at radius 1 is 1.09 bits per heavy atom. The number of carbonyl (C=O) groups excluding carboxylic acids is 1. The molecule has 0 unspecified atom stereocenters.